The second-order valence-electron chi connectivity index (χ2n) is 5.73. The van der Waals surface area contributed by atoms with Crippen LogP contribution in [0.2, 0.25) is 0 Å². The predicted octanol–water partition coefficient (Wildman–Crippen LogP) is 1.07. The predicted molar refractivity (Wildman–Crippen MR) is 83.6 cm³/mol. The molecule has 1 aromatic heterocycles. The van der Waals surface area contributed by atoms with E-state index in [4.69, 9.17) is 5.73 Å². The maximum absolute atomic E-state index is 12.8. The lowest BCUT2D eigenvalue weighted by atomic mass is 10.2. The minimum Gasteiger partial charge on any atom is -0.399 e. The van der Waals surface area contributed by atoms with Gasteiger partial charge in [-0.05, 0) is 38.7 Å². The first-order valence-electron chi connectivity index (χ1n) is 6.93. The monoisotopic (exact) mass is 308 g/mol. The van der Waals surface area contributed by atoms with Crippen LogP contribution in [0.3, 0.4) is 0 Å². The summed E-state index contributed by atoms with van der Waals surface area (Å²) in [5, 5.41) is 0.656. The Morgan fingerprint density at radius 3 is 2.81 bits per heavy atom. The fourth-order valence-corrected chi connectivity index (χ4v) is 4.46. The van der Waals surface area contributed by atoms with E-state index in [0.29, 0.717) is 29.1 Å². The summed E-state index contributed by atoms with van der Waals surface area (Å²) in [6, 6.07) is 5.54. The summed E-state index contributed by atoms with van der Waals surface area (Å²) in [6.45, 7) is 1.09. The highest BCUT2D eigenvalue weighted by atomic mass is 32.2. The van der Waals surface area contributed by atoms with Gasteiger partial charge in [-0.1, -0.05) is 0 Å². The molecule has 21 heavy (non-hydrogen) atoms. The molecule has 6 nitrogen and oxygen atoms in total. The van der Waals surface area contributed by atoms with Gasteiger partial charge in [0.15, 0.2) is 0 Å². The van der Waals surface area contributed by atoms with Gasteiger partial charge < -0.3 is 15.6 Å². The summed E-state index contributed by atoms with van der Waals surface area (Å²) < 4.78 is 27.2. The van der Waals surface area contributed by atoms with E-state index in [-0.39, 0.29) is 6.04 Å². The van der Waals surface area contributed by atoms with E-state index in [1.807, 2.05) is 14.1 Å². The Kier molecular flexibility index (Phi) is 3.43. The molecule has 1 aliphatic rings. The van der Waals surface area contributed by atoms with Crippen molar-refractivity contribution in [3.05, 3.63) is 24.4 Å². The number of nitrogens with zero attached hydrogens (tertiary/aromatic N) is 2. The number of aromatic nitrogens is 1. The van der Waals surface area contributed by atoms with E-state index >= 15 is 0 Å². The van der Waals surface area contributed by atoms with Crippen LogP contribution in [-0.4, -0.2) is 55.8 Å². The summed E-state index contributed by atoms with van der Waals surface area (Å²) in [7, 11) is 0.473. The summed E-state index contributed by atoms with van der Waals surface area (Å²) >= 11 is 0. The van der Waals surface area contributed by atoms with E-state index in [2.05, 4.69) is 9.88 Å². The molecule has 3 rings (SSSR count). The van der Waals surface area contributed by atoms with Crippen molar-refractivity contribution in [3.63, 3.8) is 0 Å². The second kappa shape index (κ2) is 5.01. The molecule has 1 aromatic carbocycles. The van der Waals surface area contributed by atoms with Gasteiger partial charge in [-0.2, -0.15) is 4.31 Å². The maximum atomic E-state index is 12.8. The number of anilines is 1. The normalized spacial score (nSPS) is 20.6. The van der Waals surface area contributed by atoms with Gasteiger partial charge in [0.05, 0.1) is 0 Å². The van der Waals surface area contributed by atoms with Crippen molar-refractivity contribution in [1.82, 2.24) is 14.2 Å². The molecular formula is C14H20N4O2S. The van der Waals surface area contributed by atoms with E-state index < -0.39 is 10.0 Å². The van der Waals surface area contributed by atoms with Crippen molar-refractivity contribution in [1.29, 1.82) is 0 Å². The molecule has 0 radical (unpaired) electrons. The Morgan fingerprint density at radius 2 is 2.14 bits per heavy atom. The van der Waals surface area contributed by atoms with Gasteiger partial charge in [-0.15, -0.1) is 0 Å². The smallest absolute Gasteiger partial charge is 0.245 e. The topological polar surface area (TPSA) is 82.4 Å². The van der Waals surface area contributed by atoms with Crippen LogP contribution in [0.15, 0.2) is 29.3 Å². The number of sulfonamides is 1. The zero-order valence-corrected chi connectivity index (χ0v) is 13.0. The van der Waals surface area contributed by atoms with Crippen molar-refractivity contribution in [3.8, 4) is 0 Å². The van der Waals surface area contributed by atoms with Crippen molar-refractivity contribution in [2.24, 2.45) is 0 Å². The first-order valence-corrected chi connectivity index (χ1v) is 8.37. The average Bonchev–Trinajstić information content (AvgIpc) is 3.05. The number of aromatic amines is 1. The third kappa shape index (κ3) is 2.41. The summed E-state index contributed by atoms with van der Waals surface area (Å²) in [4.78, 5) is 5.39. The Hall–Kier alpha value is -1.57. The minimum absolute atomic E-state index is 0.273. The number of nitrogen functional groups attached to an aromatic ring is 1. The molecule has 1 unspecified atom stereocenters. The molecular weight excluding hydrogens is 288 g/mol. The van der Waals surface area contributed by atoms with Crippen LogP contribution >= 0.6 is 0 Å². The number of nitrogens with two attached hydrogens (primary N) is 1. The van der Waals surface area contributed by atoms with E-state index in [1.165, 1.54) is 0 Å². The molecule has 3 N–H and O–H groups in total. The van der Waals surface area contributed by atoms with Crippen LogP contribution < -0.4 is 5.73 Å². The molecule has 1 fully saturated rings. The number of benzene rings is 1. The van der Waals surface area contributed by atoms with Gasteiger partial charge in [-0.3, -0.25) is 0 Å². The SMILES string of the molecule is CN(C)C1CCN(S(=O)(=O)c2c[nH]c3ccc(N)cc23)C1. The van der Waals surface area contributed by atoms with Gasteiger partial charge in [0.2, 0.25) is 10.0 Å². The molecule has 0 saturated carbocycles. The second-order valence-corrected chi connectivity index (χ2v) is 7.63. The van der Waals surface area contributed by atoms with Crippen LogP contribution in [0.25, 0.3) is 10.9 Å². The maximum Gasteiger partial charge on any atom is 0.245 e. The number of hydrogen-bond donors (Lipinski definition) is 2. The van der Waals surface area contributed by atoms with Crippen LogP contribution in [0.5, 0.6) is 0 Å². The number of H-pyrrole nitrogens is 1. The van der Waals surface area contributed by atoms with Crippen LogP contribution in [0.4, 0.5) is 5.69 Å². The largest absolute Gasteiger partial charge is 0.399 e. The van der Waals surface area contributed by atoms with Gasteiger partial charge >= 0.3 is 0 Å². The molecule has 0 bridgehead atoms. The summed E-state index contributed by atoms with van der Waals surface area (Å²) in [5.74, 6) is 0. The van der Waals surface area contributed by atoms with Crippen LogP contribution in [0.1, 0.15) is 6.42 Å². The molecule has 7 heteroatoms. The first-order chi connectivity index (χ1) is 9.89. The first kappa shape index (κ1) is 14.4. The van der Waals surface area contributed by atoms with Gasteiger partial charge in [0, 0.05) is 41.9 Å². The standard InChI is InChI=1S/C14H20N4O2S/c1-17(2)11-5-6-18(9-11)21(19,20)14-8-16-13-4-3-10(15)7-12(13)14/h3-4,7-8,11,16H,5-6,9,15H2,1-2H3. The van der Waals surface area contributed by atoms with Gasteiger partial charge in [-0.25, -0.2) is 8.42 Å². The molecule has 1 aliphatic heterocycles. The molecule has 2 aromatic rings. The van der Waals surface area contributed by atoms with E-state index in [1.54, 1.807) is 28.7 Å². The Labute approximate surface area is 124 Å². The minimum atomic E-state index is -3.49. The third-order valence-corrected chi connectivity index (χ3v) is 6.05. The molecule has 114 valence electrons. The zero-order valence-electron chi connectivity index (χ0n) is 12.2. The Balaban J connectivity index is 1.99. The fraction of sp³-hybridized carbons (Fsp3) is 0.429. The lowest BCUT2D eigenvalue weighted by molar-refractivity contribution is 0.302. The molecule has 1 atom stereocenters. The average molecular weight is 308 g/mol. The van der Waals surface area contributed by atoms with Crippen LogP contribution in [-0.2, 0) is 10.0 Å². The molecule has 1 saturated heterocycles. The number of nitrogens with one attached hydrogen (secondary N) is 1. The quantitative estimate of drug-likeness (QED) is 0.831. The van der Waals surface area contributed by atoms with Gasteiger partial charge in [0.25, 0.3) is 0 Å². The van der Waals surface area contributed by atoms with Crippen molar-refractivity contribution in [2.75, 3.05) is 32.9 Å². The zero-order chi connectivity index (χ0) is 15.2. The van der Waals surface area contributed by atoms with E-state index in [9.17, 15) is 8.42 Å². The highest BCUT2D eigenvalue weighted by Crippen LogP contribution is 2.29. The van der Waals surface area contributed by atoms with E-state index in [0.717, 1.165) is 11.9 Å². The van der Waals surface area contributed by atoms with Crippen LogP contribution in [0, 0.1) is 0 Å². The Morgan fingerprint density at radius 1 is 1.38 bits per heavy atom. The lowest BCUT2D eigenvalue weighted by Crippen LogP contribution is -2.34. The molecule has 0 aliphatic carbocycles. The van der Waals surface area contributed by atoms with Crippen molar-refractivity contribution in [2.45, 2.75) is 17.4 Å². The lowest BCUT2D eigenvalue weighted by Gasteiger charge is -2.20. The molecule has 0 amide bonds. The molecule has 0 spiro atoms. The Bertz CT molecular complexity index is 766. The van der Waals surface area contributed by atoms with Crippen molar-refractivity contribution >= 4 is 26.6 Å². The van der Waals surface area contributed by atoms with Gasteiger partial charge in [0.1, 0.15) is 4.90 Å². The third-order valence-electron chi connectivity index (χ3n) is 4.14. The number of rotatable bonds is 3. The highest BCUT2D eigenvalue weighted by molar-refractivity contribution is 7.89. The number of hydrogen-bond acceptors (Lipinski definition) is 4. The fourth-order valence-electron chi connectivity index (χ4n) is 2.82. The number of fused-ring (bicyclic) bond motifs is 1. The van der Waals surface area contributed by atoms with Crippen molar-refractivity contribution < 1.29 is 8.42 Å². The molecule has 2 heterocycles. The highest BCUT2D eigenvalue weighted by Gasteiger charge is 2.34. The summed E-state index contributed by atoms with van der Waals surface area (Å²) in [6.07, 6.45) is 2.42. The number of likely N-dealkylation sites (N-methyl/N-ethyl adjacent to an activating group) is 1. The summed E-state index contributed by atoms with van der Waals surface area (Å²) in [5.41, 5.74) is 7.13.